The van der Waals surface area contributed by atoms with Gasteiger partial charge < -0.3 is 15.4 Å². The first-order valence-electron chi connectivity index (χ1n) is 14.3. The summed E-state index contributed by atoms with van der Waals surface area (Å²) < 4.78 is 5.34. The van der Waals surface area contributed by atoms with E-state index in [1.54, 1.807) is 13.1 Å². The van der Waals surface area contributed by atoms with Crippen LogP contribution < -0.4 is 10.6 Å². The van der Waals surface area contributed by atoms with E-state index in [0.717, 1.165) is 23.5 Å². The van der Waals surface area contributed by atoms with E-state index in [4.69, 9.17) is 4.74 Å². The second-order valence-electron chi connectivity index (χ2n) is 9.95. The van der Waals surface area contributed by atoms with Gasteiger partial charge in [0.2, 0.25) is 5.91 Å². The standard InChI is InChI=1S/C31H34N4O3.C4H8/c1-4-8-22(2)21-38-31(37)35-18-7-11-28(35)30(36)34-26-15-12-23(13-16-26)19-29(32-3)33-27-17-14-24-9-5-6-10-25(24)20-27;1-3-4-2/h4-6,8-10,12-17,20,28H,2,7,11,18-19,21H2,1,3H3,(H,32,33)(H,34,36);3-4H,1-2H3/b8-4-;4-3-/t28-;/m0./s1. The molecule has 0 aliphatic carbocycles. The summed E-state index contributed by atoms with van der Waals surface area (Å²) in [6.45, 7) is 10.3. The zero-order valence-electron chi connectivity index (χ0n) is 25.1. The summed E-state index contributed by atoms with van der Waals surface area (Å²) in [5, 5.41) is 8.72. The maximum absolute atomic E-state index is 13.0. The monoisotopic (exact) mass is 566 g/mol. The zero-order chi connectivity index (χ0) is 30.3. The van der Waals surface area contributed by atoms with Crippen LogP contribution in [0.3, 0.4) is 0 Å². The quantitative estimate of drug-likeness (QED) is 0.126. The third-order valence-corrected chi connectivity index (χ3v) is 6.81. The maximum Gasteiger partial charge on any atom is 0.410 e. The van der Waals surface area contributed by atoms with Gasteiger partial charge in [-0.25, -0.2) is 4.79 Å². The Morgan fingerprint density at radius 3 is 2.31 bits per heavy atom. The van der Waals surface area contributed by atoms with Crippen LogP contribution in [-0.2, 0) is 16.0 Å². The highest BCUT2D eigenvalue weighted by Gasteiger charge is 2.35. The van der Waals surface area contributed by atoms with Crippen molar-refractivity contribution in [2.75, 3.05) is 30.8 Å². The van der Waals surface area contributed by atoms with Crippen molar-refractivity contribution in [3.05, 3.63) is 109 Å². The Morgan fingerprint density at radius 1 is 0.952 bits per heavy atom. The van der Waals surface area contributed by atoms with Crippen LogP contribution in [0.4, 0.5) is 16.2 Å². The summed E-state index contributed by atoms with van der Waals surface area (Å²) >= 11 is 0. The number of nitrogens with one attached hydrogen (secondary N) is 2. The highest BCUT2D eigenvalue weighted by atomic mass is 16.6. The fourth-order valence-electron chi connectivity index (χ4n) is 4.52. The van der Waals surface area contributed by atoms with Gasteiger partial charge in [0.1, 0.15) is 18.5 Å². The Labute approximate surface area is 249 Å². The molecule has 3 aromatic carbocycles. The molecule has 7 nitrogen and oxygen atoms in total. The number of carbonyl (C=O) groups excluding carboxylic acids is 2. The third-order valence-electron chi connectivity index (χ3n) is 6.81. The van der Waals surface area contributed by atoms with Gasteiger partial charge in [0.15, 0.2) is 0 Å². The zero-order valence-corrected chi connectivity index (χ0v) is 25.1. The molecule has 1 aliphatic rings. The molecule has 1 aliphatic heterocycles. The minimum Gasteiger partial charge on any atom is -0.445 e. The van der Waals surface area contributed by atoms with Gasteiger partial charge >= 0.3 is 6.09 Å². The number of hydrogen-bond donors (Lipinski definition) is 2. The van der Waals surface area contributed by atoms with Crippen molar-refractivity contribution in [3.63, 3.8) is 0 Å². The first-order chi connectivity index (χ1) is 20.4. The largest absolute Gasteiger partial charge is 0.445 e. The Bertz CT molecular complexity index is 1440. The Hall–Kier alpha value is -4.65. The summed E-state index contributed by atoms with van der Waals surface area (Å²) in [4.78, 5) is 31.4. The Balaban J connectivity index is 0.00000114. The number of benzene rings is 3. The Morgan fingerprint density at radius 2 is 1.64 bits per heavy atom. The van der Waals surface area contributed by atoms with Crippen molar-refractivity contribution in [2.45, 2.75) is 46.1 Å². The number of likely N-dealkylation sites (tertiary alicyclic amines) is 1. The summed E-state index contributed by atoms with van der Waals surface area (Å²) in [6.07, 6.45) is 9.12. The number of nitrogens with zero attached hydrogens (tertiary/aromatic N) is 2. The molecule has 2 N–H and O–H groups in total. The van der Waals surface area contributed by atoms with Crippen molar-refractivity contribution < 1.29 is 14.3 Å². The van der Waals surface area contributed by atoms with E-state index in [9.17, 15) is 9.59 Å². The average molecular weight is 567 g/mol. The van der Waals surface area contributed by atoms with Crippen molar-refractivity contribution in [1.29, 1.82) is 0 Å². The molecule has 1 saturated heterocycles. The average Bonchev–Trinajstić information content (AvgIpc) is 3.51. The third kappa shape index (κ3) is 9.47. The second-order valence-corrected chi connectivity index (χ2v) is 9.95. The molecule has 0 saturated carbocycles. The van der Waals surface area contributed by atoms with Crippen LogP contribution in [0.2, 0.25) is 0 Å². The first-order valence-corrected chi connectivity index (χ1v) is 14.3. The van der Waals surface area contributed by atoms with E-state index in [2.05, 4.69) is 46.5 Å². The second kappa shape index (κ2) is 16.6. The molecule has 1 heterocycles. The molecule has 0 radical (unpaired) electrons. The number of anilines is 2. The van der Waals surface area contributed by atoms with Gasteiger partial charge in [-0.05, 0) is 79.8 Å². The molecule has 0 aromatic heterocycles. The number of ether oxygens (including phenoxy) is 1. The highest BCUT2D eigenvalue weighted by Crippen LogP contribution is 2.22. The van der Waals surface area contributed by atoms with E-state index in [1.165, 1.54) is 15.7 Å². The van der Waals surface area contributed by atoms with Crippen LogP contribution in [0.5, 0.6) is 0 Å². The topological polar surface area (TPSA) is 83.0 Å². The summed E-state index contributed by atoms with van der Waals surface area (Å²) in [6, 6.07) is 21.6. The minimum absolute atomic E-state index is 0.105. The molecule has 0 unspecified atom stereocenters. The van der Waals surface area contributed by atoms with Gasteiger partial charge in [0.05, 0.1) is 0 Å². The SMILES string of the molecule is C/C=C\C.C=C(/C=C\C)COC(=O)N1CCC[C@H]1C(=O)Nc1ccc(CC(=NC)Nc2ccc3ccccc3c2)cc1. The fourth-order valence-corrected chi connectivity index (χ4v) is 4.52. The van der Waals surface area contributed by atoms with Gasteiger partial charge in [-0.2, -0.15) is 0 Å². The van der Waals surface area contributed by atoms with E-state index in [1.807, 2.05) is 81.5 Å². The molecule has 1 fully saturated rings. The van der Waals surface area contributed by atoms with Crippen molar-refractivity contribution in [2.24, 2.45) is 4.99 Å². The van der Waals surface area contributed by atoms with Crippen molar-refractivity contribution >= 4 is 40.0 Å². The Kier molecular flexibility index (Phi) is 12.6. The van der Waals surface area contributed by atoms with E-state index in [-0.39, 0.29) is 12.5 Å². The van der Waals surface area contributed by atoms with Crippen LogP contribution in [0.25, 0.3) is 10.8 Å². The molecule has 2 amide bonds. The van der Waals surface area contributed by atoms with Crippen LogP contribution in [0.1, 0.15) is 39.2 Å². The number of rotatable bonds is 8. The van der Waals surface area contributed by atoms with Gasteiger partial charge in [-0.1, -0.05) is 73.3 Å². The number of aliphatic imine (C=N–C) groups is 1. The van der Waals surface area contributed by atoms with Gasteiger partial charge in [-0.3, -0.25) is 14.7 Å². The maximum atomic E-state index is 13.0. The number of amidine groups is 1. The van der Waals surface area contributed by atoms with Gasteiger partial charge in [-0.15, -0.1) is 0 Å². The predicted octanol–water partition coefficient (Wildman–Crippen LogP) is 7.78. The van der Waals surface area contributed by atoms with Crippen LogP contribution in [-0.4, -0.2) is 49.0 Å². The van der Waals surface area contributed by atoms with Gasteiger partial charge in [0.25, 0.3) is 0 Å². The number of fused-ring (bicyclic) bond motifs is 1. The smallest absolute Gasteiger partial charge is 0.410 e. The van der Waals surface area contributed by atoms with Crippen molar-refractivity contribution in [1.82, 2.24) is 4.90 Å². The number of amides is 2. The number of hydrogen-bond acceptors (Lipinski definition) is 4. The molecule has 42 heavy (non-hydrogen) atoms. The van der Waals surface area contributed by atoms with Gasteiger partial charge in [0, 0.05) is 31.4 Å². The van der Waals surface area contributed by atoms with Crippen LogP contribution in [0.15, 0.2) is 108 Å². The summed E-state index contributed by atoms with van der Waals surface area (Å²) in [5.74, 6) is 0.627. The molecule has 4 rings (SSSR count). The van der Waals surface area contributed by atoms with Crippen LogP contribution in [0, 0.1) is 0 Å². The minimum atomic E-state index is -0.554. The molecule has 0 spiro atoms. The number of carbonyl (C=O) groups is 2. The summed E-state index contributed by atoms with van der Waals surface area (Å²) in [5.41, 5.74) is 3.42. The van der Waals surface area contributed by atoms with E-state index >= 15 is 0 Å². The summed E-state index contributed by atoms with van der Waals surface area (Å²) in [7, 11) is 1.77. The lowest BCUT2D eigenvalue weighted by Gasteiger charge is -2.23. The van der Waals surface area contributed by atoms with E-state index < -0.39 is 12.1 Å². The van der Waals surface area contributed by atoms with Crippen LogP contribution >= 0.6 is 0 Å². The lowest BCUT2D eigenvalue weighted by Crippen LogP contribution is -2.43. The van der Waals surface area contributed by atoms with Crippen molar-refractivity contribution in [3.8, 4) is 0 Å². The lowest BCUT2D eigenvalue weighted by molar-refractivity contribution is -0.120. The molecule has 1 atom stereocenters. The molecular weight excluding hydrogens is 524 g/mol. The molecule has 0 bridgehead atoms. The predicted molar refractivity (Wildman–Crippen MR) is 175 cm³/mol. The number of allylic oxidation sites excluding steroid dienone is 3. The lowest BCUT2D eigenvalue weighted by atomic mass is 10.1. The first kappa shape index (κ1) is 31.9. The van der Waals surface area contributed by atoms with E-state index in [0.29, 0.717) is 30.6 Å². The molecule has 7 heteroatoms. The molecule has 220 valence electrons. The normalized spacial score (nSPS) is 15.0. The fraction of sp³-hybridized carbons (Fsp3) is 0.286. The highest BCUT2D eigenvalue weighted by molar-refractivity contribution is 5.99. The molecular formula is C35H42N4O3. The molecule has 3 aromatic rings.